The predicted octanol–water partition coefficient (Wildman–Crippen LogP) is 1.22. The summed E-state index contributed by atoms with van der Waals surface area (Å²) in [6, 6.07) is 0. The topological polar surface area (TPSA) is 0 Å². The minimum atomic E-state index is -0.231. The van der Waals surface area contributed by atoms with Gasteiger partial charge in [0.05, 0.1) is 6.67 Å². The molecule has 1 unspecified atom stereocenters. The molecule has 32 valence electrons. The highest BCUT2D eigenvalue weighted by molar-refractivity contribution is 7.17. The number of hydrogen-bond donors (Lipinski definition) is 0. The molecule has 0 aromatic carbocycles. The molecule has 0 aliphatic carbocycles. The zero-order valence-corrected chi connectivity index (χ0v) is 4.39. The first kappa shape index (κ1) is 5.36. The molecule has 0 heterocycles. The van der Waals surface area contributed by atoms with Crippen LogP contribution >= 0.6 is 9.24 Å². The van der Waals surface area contributed by atoms with E-state index in [1.807, 2.05) is 6.92 Å². The number of alkyl halides is 1. The molecule has 0 saturated carbocycles. The van der Waals surface area contributed by atoms with Gasteiger partial charge in [0.25, 0.3) is 0 Å². The van der Waals surface area contributed by atoms with Crippen molar-refractivity contribution in [2.24, 2.45) is 0 Å². The molecule has 0 aliphatic heterocycles. The fourth-order valence-corrected chi connectivity index (χ4v) is 0. The fraction of sp³-hybridized carbons (Fsp3) is 1.00. The zero-order chi connectivity index (χ0) is 4.28. The molecule has 0 aromatic heterocycles. The Bertz CT molecular complexity index is 20.9. The van der Waals surface area contributed by atoms with Crippen LogP contribution in [0.1, 0.15) is 6.92 Å². The number of rotatable bonds is 1. The molecule has 0 bridgehead atoms. The third-order valence-corrected chi connectivity index (χ3v) is 0.422. The monoisotopic (exact) mass is 94.0 g/mol. The first-order valence-electron chi connectivity index (χ1n) is 1.59. The van der Waals surface area contributed by atoms with Gasteiger partial charge in [0.1, 0.15) is 0 Å². The van der Waals surface area contributed by atoms with Gasteiger partial charge in [0.2, 0.25) is 0 Å². The third-order valence-electron chi connectivity index (χ3n) is 0.243. The van der Waals surface area contributed by atoms with Crippen LogP contribution in [0.2, 0.25) is 0 Å². The van der Waals surface area contributed by atoms with E-state index in [-0.39, 0.29) is 12.3 Å². The Labute approximate surface area is 34.0 Å². The molecule has 0 rings (SSSR count). The molecule has 0 aromatic rings. The van der Waals surface area contributed by atoms with Crippen LogP contribution < -0.4 is 0 Å². The lowest BCUT2D eigenvalue weighted by Gasteiger charge is -1.87. The first-order valence-corrected chi connectivity index (χ1v) is 2.25. The van der Waals surface area contributed by atoms with Crippen molar-refractivity contribution >= 4 is 9.24 Å². The minimum absolute atomic E-state index is 0.134. The van der Waals surface area contributed by atoms with Crippen LogP contribution in [0, 0.1) is 0 Å². The van der Waals surface area contributed by atoms with Crippen molar-refractivity contribution in [3.8, 4) is 0 Å². The summed E-state index contributed by atoms with van der Waals surface area (Å²) in [5.41, 5.74) is 0.134. The lowest BCUT2D eigenvalue weighted by atomic mass is 10.5. The van der Waals surface area contributed by atoms with Gasteiger partial charge in [-0.2, -0.15) is 0 Å². The Morgan fingerprint density at radius 1 is 2.00 bits per heavy atom. The first-order chi connectivity index (χ1) is 2.27. The minimum Gasteiger partial charge on any atom is -0.250 e. The van der Waals surface area contributed by atoms with Crippen molar-refractivity contribution < 1.29 is 4.39 Å². The van der Waals surface area contributed by atoms with Crippen molar-refractivity contribution in [1.82, 2.24) is 0 Å². The molecular formula is C3H8FP. The van der Waals surface area contributed by atoms with E-state index in [0.29, 0.717) is 0 Å². The zero-order valence-electron chi connectivity index (χ0n) is 3.24. The maximum Gasteiger partial charge on any atom is 0.0954 e. The molecule has 0 N–H and O–H groups in total. The average Bonchev–Trinajstić information content (AvgIpc) is 1.38. The third kappa shape index (κ3) is 4.36. The summed E-state index contributed by atoms with van der Waals surface area (Å²) >= 11 is 0. The van der Waals surface area contributed by atoms with Crippen molar-refractivity contribution in [2.45, 2.75) is 12.6 Å². The maximum absolute atomic E-state index is 11.1. The molecule has 0 spiro atoms. The molecule has 0 saturated heterocycles. The molecule has 0 amide bonds. The van der Waals surface area contributed by atoms with Gasteiger partial charge in [-0.15, -0.1) is 9.24 Å². The van der Waals surface area contributed by atoms with Crippen LogP contribution in [0.5, 0.6) is 0 Å². The van der Waals surface area contributed by atoms with Crippen LogP contribution in [-0.2, 0) is 0 Å². The smallest absolute Gasteiger partial charge is 0.0954 e. The van der Waals surface area contributed by atoms with Crippen LogP contribution in [0.4, 0.5) is 4.39 Å². The molecule has 0 nitrogen and oxygen atoms in total. The van der Waals surface area contributed by atoms with Crippen molar-refractivity contribution in [2.75, 3.05) is 6.67 Å². The highest BCUT2D eigenvalue weighted by Gasteiger charge is 1.83. The van der Waals surface area contributed by atoms with Gasteiger partial charge in [0, 0.05) is 0 Å². The second kappa shape index (κ2) is 2.59. The Hall–Kier alpha value is 0.360. The van der Waals surface area contributed by atoms with Gasteiger partial charge >= 0.3 is 0 Å². The molecule has 2 heteroatoms. The molecule has 0 aliphatic rings. The summed E-state index contributed by atoms with van der Waals surface area (Å²) in [5, 5.41) is 0. The highest BCUT2D eigenvalue weighted by Crippen LogP contribution is 1.95. The van der Waals surface area contributed by atoms with Crippen molar-refractivity contribution in [1.29, 1.82) is 0 Å². The molecule has 2 atom stereocenters. The Kier molecular flexibility index (Phi) is 2.78. The summed E-state index contributed by atoms with van der Waals surface area (Å²) in [6.45, 7) is 1.58. The SMILES string of the molecule is C[C@H](P)CF. The van der Waals surface area contributed by atoms with Crippen LogP contribution in [-0.4, -0.2) is 12.3 Å². The normalized spacial score (nSPS) is 15.0. The van der Waals surface area contributed by atoms with E-state index in [2.05, 4.69) is 9.24 Å². The Morgan fingerprint density at radius 3 is 2.20 bits per heavy atom. The molecule has 0 radical (unpaired) electrons. The molecular weight excluding hydrogens is 86.0 g/mol. The lowest BCUT2D eigenvalue weighted by Crippen LogP contribution is -1.87. The van der Waals surface area contributed by atoms with E-state index < -0.39 is 0 Å². The summed E-state index contributed by atoms with van der Waals surface area (Å²) in [6.07, 6.45) is 0. The molecule has 5 heavy (non-hydrogen) atoms. The summed E-state index contributed by atoms with van der Waals surface area (Å²) < 4.78 is 11.1. The van der Waals surface area contributed by atoms with Gasteiger partial charge in [0.15, 0.2) is 0 Å². The van der Waals surface area contributed by atoms with Gasteiger partial charge in [-0.3, -0.25) is 4.39 Å². The number of hydrogen-bond acceptors (Lipinski definition) is 0. The summed E-state index contributed by atoms with van der Waals surface area (Å²) in [5.74, 6) is 0. The lowest BCUT2D eigenvalue weighted by molar-refractivity contribution is 0.494. The largest absolute Gasteiger partial charge is 0.250 e. The van der Waals surface area contributed by atoms with E-state index in [4.69, 9.17) is 0 Å². The van der Waals surface area contributed by atoms with Gasteiger partial charge in [-0.1, -0.05) is 6.92 Å². The van der Waals surface area contributed by atoms with Gasteiger partial charge in [-0.05, 0) is 5.66 Å². The van der Waals surface area contributed by atoms with Crippen LogP contribution in [0.3, 0.4) is 0 Å². The fourth-order valence-electron chi connectivity index (χ4n) is 0. The van der Waals surface area contributed by atoms with Gasteiger partial charge in [-0.25, -0.2) is 0 Å². The van der Waals surface area contributed by atoms with Crippen LogP contribution in [0.15, 0.2) is 0 Å². The average molecular weight is 94.1 g/mol. The van der Waals surface area contributed by atoms with Crippen molar-refractivity contribution in [3.63, 3.8) is 0 Å². The second-order valence-corrected chi connectivity index (χ2v) is 2.27. The van der Waals surface area contributed by atoms with E-state index in [1.54, 1.807) is 0 Å². The Balaban J connectivity index is 2.54. The van der Waals surface area contributed by atoms with E-state index in [9.17, 15) is 4.39 Å². The number of halogens is 1. The molecule has 0 fully saturated rings. The van der Waals surface area contributed by atoms with Crippen LogP contribution in [0.25, 0.3) is 0 Å². The van der Waals surface area contributed by atoms with Crippen molar-refractivity contribution in [3.05, 3.63) is 0 Å². The Morgan fingerprint density at radius 2 is 2.20 bits per heavy atom. The standard InChI is InChI=1S/C3H8FP/c1-3(5)2-4/h3H,2,5H2,1H3/t3-/m0/s1. The quantitative estimate of drug-likeness (QED) is 0.428. The summed E-state index contributed by atoms with van der Waals surface area (Å²) in [4.78, 5) is 0. The van der Waals surface area contributed by atoms with Gasteiger partial charge < -0.3 is 0 Å². The van der Waals surface area contributed by atoms with E-state index in [0.717, 1.165) is 0 Å². The van der Waals surface area contributed by atoms with E-state index >= 15 is 0 Å². The second-order valence-electron chi connectivity index (χ2n) is 1.13. The predicted molar refractivity (Wildman–Crippen MR) is 25.1 cm³/mol. The van der Waals surface area contributed by atoms with E-state index in [1.165, 1.54) is 0 Å². The summed E-state index contributed by atoms with van der Waals surface area (Å²) in [7, 11) is 2.36. The highest BCUT2D eigenvalue weighted by atomic mass is 31.0. The maximum atomic E-state index is 11.1.